The lowest BCUT2D eigenvalue weighted by molar-refractivity contribution is 0.0956. The van der Waals surface area contributed by atoms with Crippen molar-refractivity contribution in [2.24, 2.45) is 0 Å². The fourth-order valence-electron chi connectivity index (χ4n) is 1.99. The van der Waals surface area contributed by atoms with Gasteiger partial charge < -0.3 is 5.32 Å². The van der Waals surface area contributed by atoms with Gasteiger partial charge in [0.1, 0.15) is 0 Å². The molecule has 2 aromatic rings. The zero-order valence-electron chi connectivity index (χ0n) is 10.7. The maximum atomic E-state index is 11.8. The van der Waals surface area contributed by atoms with Crippen LogP contribution in [0.15, 0.2) is 48.5 Å². The second kappa shape index (κ2) is 5.50. The monoisotopic (exact) mass is 239 g/mol. The molecule has 0 aromatic heterocycles. The molecule has 2 nitrogen and oxygen atoms in total. The predicted octanol–water partition coefficient (Wildman–Crippen LogP) is 3.41. The zero-order valence-corrected chi connectivity index (χ0v) is 10.7. The summed E-state index contributed by atoms with van der Waals surface area (Å²) in [7, 11) is 0. The molecular weight excluding hydrogens is 222 g/mol. The van der Waals surface area contributed by atoms with Crippen LogP contribution in [0.5, 0.6) is 0 Å². The van der Waals surface area contributed by atoms with E-state index in [0.29, 0.717) is 12.1 Å². The van der Waals surface area contributed by atoms with Crippen LogP contribution in [-0.2, 0) is 0 Å². The molecule has 0 aliphatic heterocycles. The van der Waals surface area contributed by atoms with Gasteiger partial charge >= 0.3 is 0 Å². The molecule has 0 radical (unpaired) electrons. The third-order valence-electron chi connectivity index (χ3n) is 2.92. The lowest BCUT2D eigenvalue weighted by Crippen LogP contribution is -2.22. The molecule has 1 amide bonds. The highest BCUT2D eigenvalue weighted by Crippen LogP contribution is 2.23. The Labute approximate surface area is 108 Å². The van der Waals surface area contributed by atoms with Gasteiger partial charge in [0.15, 0.2) is 0 Å². The average Bonchev–Trinajstić information content (AvgIpc) is 2.40. The number of carbonyl (C=O) groups excluding carboxylic acids is 1. The number of amides is 1. The molecule has 2 aromatic carbocycles. The quantitative estimate of drug-likeness (QED) is 0.873. The average molecular weight is 239 g/mol. The molecule has 0 heterocycles. The molecule has 92 valence electrons. The van der Waals surface area contributed by atoms with E-state index in [2.05, 4.69) is 24.4 Å². The molecule has 0 atom stereocenters. The van der Waals surface area contributed by atoms with Crippen molar-refractivity contribution in [3.63, 3.8) is 0 Å². The Morgan fingerprint density at radius 1 is 1.11 bits per heavy atom. The van der Waals surface area contributed by atoms with Crippen LogP contribution >= 0.6 is 0 Å². The van der Waals surface area contributed by atoms with Crippen molar-refractivity contribution in [1.82, 2.24) is 5.32 Å². The third-order valence-corrected chi connectivity index (χ3v) is 2.92. The first-order chi connectivity index (χ1) is 8.72. The van der Waals surface area contributed by atoms with Crippen LogP contribution in [0.4, 0.5) is 0 Å². The molecule has 0 spiro atoms. The molecule has 0 bridgehead atoms. The van der Waals surface area contributed by atoms with Gasteiger partial charge in [-0.2, -0.15) is 0 Å². The number of hydrogen-bond donors (Lipinski definition) is 1. The summed E-state index contributed by atoms with van der Waals surface area (Å²) in [6.07, 6.45) is 0. The number of rotatable bonds is 3. The fraction of sp³-hybridized carbons (Fsp3) is 0.188. The van der Waals surface area contributed by atoms with Crippen molar-refractivity contribution in [2.45, 2.75) is 13.8 Å². The Hall–Kier alpha value is -2.09. The predicted molar refractivity (Wildman–Crippen MR) is 74.6 cm³/mol. The van der Waals surface area contributed by atoms with Gasteiger partial charge in [-0.3, -0.25) is 4.79 Å². The smallest absolute Gasteiger partial charge is 0.251 e. The van der Waals surface area contributed by atoms with E-state index in [1.54, 1.807) is 0 Å². The Balaban J connectivity index is 2.39. The Kier molecular flexibility index (Phi) is 3.78. The summed E-state index contributed by atoms with van der Waals surface area (Å²) >= 11 is 0. The molecular formula is C16H17NO. The third kappa shape index (κ3) is 2.59. The van der Waals surface area contributed by atoms with Gasteiger partial charge in [0.25, 0.3) is 5.91 Å². The van der Waals surface area contributed by atoms with Gasteiger partial charge in [-0.15, -0.1) is 0 Å². The van der Waals surface area contributed by atoms with Crippen LogP contribution in [0.2, 0.25) is 0 Å². The number of aryl methyl sites for hydroxylation is 1. The summed E-state index contributed by atoms with van der Waals surface area (Å²) in [4.78, 5) is 11.8. The summed E-state index contributed by atoms with van der Waals surface area (Å²) in [6.45, 7) is 4.64. The summed E-state index contributed by atoms with van der Waals surface area (Å²) < 4.78 is 0. The summed E-state index contributed by atoms with van der Waals surface area (Å²) in [6, 6.07) is 15.9. The van der Waals surface area contributed by atoms with Gasteiger partial charge in [-0.1, -0.05) is 36.4 Å². The minimum atomic E-state index is -0.0204. The largest absolute Gasteiger partial charge is 0.352 e. The van der Waals surface area contributed by atoms with Crippen LogP contribution in [0.1, 0.15) is 22.8 Å². The Bertz CT molecular complexity index is 561. The van der Waals surface area contributed by atoms with Crippen LogP contribution in [0, 0.1) is 6.92 Å². The van der Waals surface area contributed by atoms with Gasteiger partial charge in [-0.25, -0.2) is 0 Å². The first-order valence-corrected chi connectivity index (χ1v) is 6.16. The van der Waals surface area contributed by atoms with E-state index < -0.39 is 0 Å². The van der Waals surface area contributed by atoms with Crippen LogP contribution < -0.4 is 5.32 Å². The Morgan fingerprint density at radius 3 is 2.61 bits per heavy atom. The molecule has 0 saturated heterocycles. The molecule has 0 aliphatic carbocycles. The van der Waals surface area contributed by atoms with E-state index in [9.17, 15) is 4.79 Å². The van der Waals surface area contributed by atoms with Crippen LogP contribution in [0.3, 0.4) is 0 Å². The van der Waals surface area contributed by atoms with Gasteiger partial charge in [0.05, 0.1) is 0 Å². The van der Waals surface area contributed by atoms with E-state index in [0.717, 1.165) is 5.56 Å². The molecule has 0 aliphatic rings. The van der Waals surface area contributed by atoms with Crippen LogP contribution in [-0.4, -0.2) is 12.5 Å². The highest BCUT2D eigenvalue weighted by molar-refractivity contribution is 5.95. The lowest BCUT2D eigenvalue weighted by Gasteiger charge is -2.08. The second-order valence-corrected chi connectivity index (χ2v) is 4.26. The molecule has 0 fully saturated rings. The molecule has 2 rings (SSSR count). The van der Waals surface area contributed by atoms with Gasteiger partial charge in [0, 0.05) is 12.1 Å². The van der Waals surface area contributed by atoms with E-state index in [-0.39, 0.29) is 5.91 Å². The number of carbonyl (C=O) groups is 1. The van der Waals surface area contributed by atoms with Crippen molar-refractivity contribution >= 4 is 5.91 Å². The molecule has 18 heavy (non-hydrogen) atoms. The summed E-state index contributed by atoms with van der Waals surface area (Å²) in [5, 5.41) is 2.82. The van der Waals surface area contributed by atoms with Crippen molar-refractivity contribution in [2.75, 3.05) is 6.54 Å². The van der Waals surface area contributed by atoms with E-state index >= 15 is 0 Å². The molecule has 0 unspecified atom stereocenters. The SMILES string of the molecule is CCNC(=O)c1cccc(-c2ccccc2C)c1. The van der Waals surface area contributed by atoms with E-state index in [4.69, 9.17) is 0 Å². The van der Waals surface area contributed by atoms with Crippen molar-refractivity contribution in [1.29, 1.82) is 0 Å². The number of benzene rings is 2. The topological polar surface area (TPSA) is 29.1 Å². The minimum absolute atomic E-state index is 0.0204. The number of hydrogen-bond acceptors (Lipinski definition) is 1. The van der Waals surface area contributed by atoms with E-state index in [1.165, 1.54) is 11.1 Å². The first kappa shape index (κ1) is 12.4. The summed E-state index contributed by atoms with van der Waals surface area (Å²) in [5.74, 6) is -0.0204. The normalized spacial score (nSPS) is 10.1. The molecule has 2 heteroatoms. The standard InChI is InChI=1S/C16H17NO/c1-3-17-16(18)14-9-6-8-13(11-14)15-10-5-4-7-12(15)2/h4-11H,3H2,1-2H3,(H,17,18). The molecule has 1 N–H and O–H groups in total. The first-order valence-electron chi connectivity index (χ1n) is 6.16. The maximum Gasteiger partial charge on any atom is 0.251 e. The van der Waals surface area contributed by atoms with Gasteiger partial charge in [-0.05, 0) is 42.7 Å². The number of nitrogens with one attached hydrogen (secondary N) is 1. The van der Waals surface area contributed by atoms with Crippen molar-refractivity contribution in [3.05, 3.63) is 59.7 Å². The van der Waals surface area contributed by atoms with Crippen LogP contribution in [0.25, 0.3) is 11.1 Å². The molecule has 0 saturated carbocycles. The minimum Gasteiger partial charge on any atom is -0.352 e. The maximum absolute atomic E-state index is 11.8. The lowest BCUT2D eigenvalue weighted by atomic mass is 9.99. The highest BCUT2D eigenvalue weighted by Gasteiger charge is 2.06. The van der Waals surface area contributed by atoms with Crippen molar-refractivity contribution < 1.29 is 4.79 Å². The highest BCUT2D eigenvalue weighted by atomic mass is 16.1. The fourth-order valence-corrected chi connectivity index (χ4v) is 1.99. The van der Waals surface area contributed by atoms with Gasteiger partial charge in [0.2, 0.25) is 0 Å². The summed E-state index contributed by atoms with van der Waals surface area (Å²) in [5.41, 5.74) is 4.17. The Morgan fingerprint density at radius 2 is 1.89 bits per heavy atom. The second-order valence-electron chi connectivity index (χ2n) is 4.26. The van der Waals surface area contributed by atoms with Crippen molar-refractivity contribution in [3.8, 4) is 11.1 Å². The zero-order chi connectivity index (χ0) is 13.0. The van der Waals surface area contributed by atoms with E-state index in [1.807, 2.05) is 43.3 Å².